The number of carbonyl (C=O) groups is 1. The van der Waals surface area contributed by atoms with E-state index in [0.29, 0.717) is 5.78 Å². The summed E-state index contributed by atoms with van der Waals surface area (Å²) in [7, 11) is 0. The molecule has 0 heterocycles. The van der Waals surface area contributed by atoms with Crippen LogP contribution in [0.3, 0.4) is 0 Å². The lowest BCUT2D eigenvalue weighted by Crippen LogP contribution is -2.25. The zero-order valence-corrected chi connectivity index (χ0v) is 10.6. The summed E-state index contributed by atoms with van der Waals surface area (Å²) >= 11 is 0. The minimum absolute atomic E-state index is 0.197. The van der Waals surface area contributed by atoms with Crippen molar-refractivity contribution in [3.05, 3.63) is 22.8 Å². The fourth-order valence-electron chi connectivity index (χ4n) is 2.19. The van der Waals surface area contributed by atoms with Gasteiger partial charge in [0.25, 0.3) is 0 Å². The summed E-state index contributed by atoms with van der Waals surface area (Å²) < 4.78 is 0. The third-order valence-corrected chi connectivity index (χ3v) is 3.61. The first-order valence-electron chi connectivity index (χ1n) is 5.73. The molecule has 84 valence electrons. The molecule has 0 saturated carbocycles. The van der Waals surface area contributed by atoms with E-state index in [1.54, 1.807) is 0 Å². The Kier molecular flexibility index (Phi) is 3.54. The lowest BCUT2D eigenvalue weighted by atomic mass is 9.70. The van der Waals surface area contributed by atoms with Crippen molar-refractivity contribution in [3.8, 4) is 0 Å². The molecule has 0 fully saturated rings. The van der Waals surface area contributed by atoms with Crippen molar-refractivity contribution in [1.29, 1.82) is 0 Å². The second kappa shape index (κ2) is 4.34. The van der Waals surface area contributed by atoms with Crippen molar-refractivity contribution < 1.29 is 4.79 Å². The number of rotatable bonds is 2. The number of ketones is 1. The van der Waals surface area contributed by atoms with Gasteiger partial charge in [-0.1, -0.05) is 31.1 Å². The maximum absolute atomic E-state index is 11.7. The molecule has 1 nitrogen and oxygen atoms in total. The highest BCUT2D eigenvalue weighted by Gasteiger charge is 2.31. The second-order valence-corrected chi connectivity index (χ2v) is 5.22. The number of hydrogen-bond acceptors (Lipinski definition) is 1. The number of hydrogen-bond donors (Lipinski definition) is 0. The highest BCUT2D eigenvalue weighted by atomic mass is 16.1. The molecule has 0 spiro atoms. The van der Waals surface area contributed by atoms with Crippen molar-refractivity contribution in [2.45, 2.75) is 53.9 Å². The van der Waals surface area contributed by atoms with Gasteiger partial charge in [-0.05, 0) is 44.6 Å². The SMILES string of the molecule is CC=C(C)CC1=C(C)C(=O)CCC1(C)C. The molecule has 0 atom stereocenters. The first kappa shape index (κ1) is 12.2. The summed E-state index contributed by atoms with van der Waals surface area (Å²) in [5.41, 5.74) is 3.90. The molecular formula is C14H22O. The van der Waals surface area contributed by atoms with E-state index in [0.717, 1.165) is 24.8 Å². The van der Waals surface area contributed by atoms with Crippen molar-refractivity contribution in [1.82, 2.24) is 0 Å². The Morgan fingerprint density at radius 3 is 2.60 bits per heavy atom. The molecular weight excluding hydrogens is 184 g/mol. The molecule has 0 bridgehead atoms. The van der Waals surface area contributed by atoms with Crippen LogP contribution in [0.1, 0.15) is 53.9 Å². The molecule has 1 aliphatic carbocycles. The Morgan fingerprint density at radius 1 is 1.47 bits per heavy atom. The molecule has 1 heteroatoms. The van der Waals surface area contributed by atoms with Gasteiger partial charge in [0.1, 0.15) is 0 Å². The van der Waals surface area contributed by atoms with E-state index in [-0.39, 0.29) is 5.41 Å². The molecule has 0 aromatic heterocycles. The molecule has 0 radical (unpaired) electrons. The molecule has 0 aliphatic heterocycles. The lowest BCUT2D eigenvalue weighted by molar-refractivity contribution is -0.116. The third kappa shape index (κ3) is 2.58. The predicted molar refractivity (Wildman–Crippen MR) is 64.8 cm³/mol. The topological polar surface area (TPSA) is 17.1 Å². The van der Waals surface area contributed by atoms with E-state index in [1.165, 1.54) is 11.1 Å². The lowest BCUT2D eigenvalue weighted by Gasteiger charge is -2.34. The van der Waals surface area contributed by atoms with Crippen molar-refractivity contribution >= 4 is 5.78 Å². The second-order valence-electron chi connectivity index (χ2n) is 5.22. The molecule has 1 aliphatic rings. The Bertz CT molecular complexity index is 329. The number of carbonyl (C=O) groups excluding carboxylic acids is 1. The summed E-state index contributed by atoms with van der Waals surface area (Å²) in [5, 5.41) is 0. The maximum Gasteiger partial charge on any atom is 0.158 e. The molecule has 0 aromatic carbocycles. The van der Waals surface area contributed by atoms with Crippen LogP contribution in [-0.2, 0) is 4.79 Å². The predicted octanol–water partition coefficient (Wildman–Crippen LogP) is 4.05. The van der Waals surface area contributed by atoms with Crippen LogP contribution < -0.4 is 0 Å². The molecule has 0 amide bonds. The highest BCUT2D eigenvalue weighted by Crippen LogP contribution is 2.41. The minimum atomic E-state index is 0.197. The van der Waals surface area contributed by atoms with Gasteiger partial charge in [-0.15, -0.1) is 0 Å². The van der Waals surface area contributed by atoms with Crippen LogP contribution in [-0.4, -0.2) is 5.78 Å². The van der Waals surface area contributed by atoms with Gasteiger partial charge in [0, 0.05) is 6.42 Å². The Hall–Kier alpha value is -0.850. The van der Waals surface area contributed by atoms with Crippen LogP contribution in [0.4, 0.5) is 0 Å². The largest absolute Gasteiger partial charge is 0.295 e. The van der Waals surface area contributed by atoms with Crippen molar-refractivity contribution in [3.63, 3.8) is 0 Å². The van der Waals surface area contributed by atoms with Crippen molar-refractivity contribution in [2.24, 2.45) is 5.41 Å². The Balaban J connectivity index is 3.07. The summed E-state index contributed by atoms with van der Waals surface area (Å²) in [6, 6.07) is 0. The van der Waals surface area contributed by atoms with E-state index in [2.05, 4.69) is 33.8 Å². The van der Waals surface area contributed by atoms with Gasteiger partial charge in [-0.2, -0.15) is 0 Å². The summed E-state index contributed by atoms with van der Waals surface area (Å²) in [6.45, 7) is 10.7. The van der Waals surface area contributed by atoms with Gasteiger partial charge >= 0.3 is 0 Å². The van der Waals surface area contributed by atoms with E-state index in [4.69, 9.17) is 0 Å². The van der Waals surface area contributed by atoms with Gasteiger partial charge in [0.05, 0.1) is 0 Å². The molecule has 1 rings (SSSR count). The zero-order valence-electron chi connectivity index (χ0n) is 10.6. The number of allylic oxidation sites excluding steroid dienone is 4. The molecule has 0 N–H and O–H groups in total. The van der Waals surface area contributed by atoms with Crippen LogP contribution in [0.15, 0.2) is 22.8 Å². The standard InChI is InChI=1S/C14H22O/c1-6-10(2)9-12-11(3)13(15)7-8-14(12,4)5/h6H,7-9H2,1-5H3. The van der Waals surface area contributed by atoms with E-state index in [9.17, 15) is 4.79 Å². The fraction of sp³-hybridized carbons (Fsp3) is 0.643. The van der Waals surface area contributed by atoms with Gasteiger partial charge in [-0.3, -0.25) is 4.79 Å². The third-order valence-electron chi connectivity index (χ3n) is 3.61. The first-order chi connectivity index (χ1) is 6.88. The summed E-state index contributed by atoms with van der Waals surface area (Å²) in [4.78, 5) is 11.7. The first-order valence-corrected chi connectivity index (χ1v) is 5.73. The van der Waals surface area contributed by atoms with Crippen molar-refractivity contribution in [2.75, 3.05) is 0 Å². The fourth-order valence-corrected chi connectivity index (χ4v) is 2.19. The van der Waals surface area contributed by atoms with Gasteiger partial charge in [-0.25, -0.2) is 0 Å². The number of Topliss-reactive ketones (excluding diaryl/α,β-unsaturated/α-hetero) is 1. The van der Waals surface area contributed by atoms with E-state index < -0.39 is 0 Å². The van der Waals surface area contributed by atoms with Crippen LogP contribution in [0.25, 0.3) is 0 Å². The Morgan fingerprint density at radius 2 is 2.07 bits per heavy atom. The normalized spacial score (nSPS) is 22.2. The van der Waals surface area contributed by atoms with E-state index in [1.807, 2.05) is 6.92 Å². The Labute approximate surface area is 93.3 Å². The molecule has 0 aromatic rings. The van der Waals surface area contributed by atoms with Gasteiger partial charge < -0.3 is 0 Å². The summed E-state index contributed by atoms with van der Waals surface area (Å²) in [6.07, 6.45) is 4.81. The quantitative estimate of drug-likeness (QED) is 0.623. The maximum atomic E-state index is 11.7. The molecule has 15 heavy (non-hydrogen) atoms. The smallest absolute Gasteiger partial charge is 0.158 e. The van der Waals surface area contributed by atoms with Gasteiger partial charge in [0.15, 0.2) is 5.78 Å². The zero-order chi connectivity index (χ0) is 11.6. The average Bonchev–Trinajstić information content (AvgIpc) is 2.19. The minimum Gasteiger partial charge on any atom is -0.295 e. The highest BCUT2D eigenvalue weighted by molar-refractivity contribution is 5.96. The monoisotopic (exact) mass is 206 g/mol. The van der Waals surface area contributed by atoms with Gasteiger partial charge in [0.2, 0.25) is 0 Å². The van der Waals surface area contributed by atoms with Crippen LogP contribution in [0.5, 0.6) is 0 Å². The van der Waals surface area contributed by atoms with Crippen LogP contribution in [0, 0.1) is 5.41 Å². The summed E-state index contributed by atoms with van der Waals surface area (Å²) in [5.74, 6) is 0.341. The average molecular weight is 206 g/mol. The van der Waals surface area contributed by atoms with Crippen LogP contribution in [0.2, 0.25) is 0 Å². The van der Waals surface area contributed by atoms with Crippen LogP contribution >= 0.6 is 0 Å². The van der Waals surface area contributed by atoms with E-state index >= 15 is 0 Å². The molecule has 0 saturated heterocycles. The molecule has 0 unspecified atom stereocenters.